The van der Waals surface area contributed by atoms with E-state index in [2.05, 4.69) is 12.6 Å². The summed E-state index contributed by atoms with van der Waals surface area (Å²) in [5, 5.41) is 18.5. The molecule has 0 aliphatic carbocycles. The zero-order chi connectivity index (χ0) is 10.8. The first-order valence-electron chi connectivity index (χ1n) is 4.94. The molecular formula is C11H14O3S. The molecule has 1 aliphatic heterocycles. The number of benzene rings is 1. The third-order valence-electron chi connectivity index (χ3n) is 2.67. The summed E-state index contributed by atoms with van der Waals surface area (Å²) in [6.07, 6.45) is -0.607. The van der Waals surface area contributed by atoms with E-state index >= 15 is 0 Å². The van der Waals surface area contributed by atoms with E-state index in [1.807, 2.05) is 24.3 Å². The van der Waals surface area contributed by atoms with Gasteiger partial charge in [-0.15, -0.1) is 12.6 Å². The van der Waals surface area contributed by atoms with Crippen LogP contribution < -0.4 is 0 Å². The number of aliphatic hydroxyl groups excluding tert-OH is 2. The lowest BCUT2D eigenvalue weighted by atomic mass is 10.1. The Kier molecular flexibility index (Phi) is 3.31. The predicted octanol–water partition coefficient (Wildman–Crippen LogP) is 1.16. The fraction of sp³-hybridized carbons (Fsp3) is 0.455. The van der Waals surface area contributed by atoms with Gasteiger partial charge in [-0.25, -0.2) is 0 Å². The van der Waals surface area contributed by atoms with Crippen molar-refractivity contribution < 1.29 is 14.9 Å². The van der Waals surface area contributed by atoms with Gasteiger partial charge in [-0.3, -0.25) is 0 Å². The molecule has 3 nitrogen and oxygen atoms in total. The summed E-state index contributed by atoms with van der Waals surface area (Å²) >= 11 is 4.20. The van der Waals surface area contributed by atoms with Gasteiger partial charge in [0.2, 0.25) is 0 Å². The van der Waals surface area contributed by atoms with Crippen LogP contribution in [0.25, 0.3) is 0 Å². The summed E-state index contributed by atoms with van der Waals surface area (Å²) in [6.45, 7) is -0.137. The first-order chi connectivity index (χ1) is 7.20. The van der Waals surface area contributed by atoms with Gasteiger partial charge in [0.25, 0.3) is 0 Å². The van der Waals surface area contributed by atoms with Crippen LogP contribution in [-0.2, 0) is 4.74 Å². The minimum absolute atomic E-state index is 0.119. The average Bonchev–Trinajstić information content (AvgIpc) is 2.61. The van der Waals surface area contributed by atoms with E-state index in [0.717, 1.165) is 10.5 Å². The van der Waals surface area contributed by atoms with Gasteiger partial charge in [0.15, 0.2) is 0 Å². The van der Waals surface area contributed by atoms with Crippen molar-refractivity contribution in [2.45, 2.75) is 29.6 Å². The smallest absolute Gasteiger partial charge is 0.107 e. The first kappa shape index (κ1) is 11.0. The molecule has 2 N–H and O–H groups in total. The number of rotatable bonds is 2. The van der Waals surface area contributed by atoms with Gasteiger partial charge in [0.05, 0.1) is 18.8 Å². The second-order valence-corrected chi connectivity index (χ2v) is 4.26. The number of ether oxygens (including phenoxy) is 1. The summed E-state index contributed by atoms with van der Waals surface area (Å²) in [5.74, 6) is 0. The molecule has 1 aromatic carbocycles. The standard InChI is InChI=1S/C11H14O3S/c12-6-11-9(13)5-10(14-11)7-1-3-8(15)4-2-7/h1-4,9-13,15H,5-6H2/t9-,10-,11+/m0/s1. The molecule has 1 fully saturated rings. The van der Waals surface area contributed by atoms with Crippen molar-refractivity contribution in [3.8, 4) is 0 Å². The maximum atomic E-state index is 9.58. The summed E-state index contributed by atoms with van der Waals surface area (Å²) < 4.78 is 5.52. The van der Waals surface area contributed by atoms with Gasteiger partial charge in [0.1, 0.15) is 6.10 Å². The third kappa shape index (κ3) is 2.34. The van der Waals surface area contributed by atoms with E-state index in [1.165, 1.54) is 0 Å². The molecule has 1 aliphatic rings. The van der Waals surface area contributed by atoms with E-state index in [-0.39, 0.29) is 12.7 Å². The molecule has 1 saturated heterocycles. The van der Waals surface area contributed by atoms with Crippen LogP contribution >= 0.6 is 12.6 Å². The highest BCUT2D eigenvalue weighted by molar-refractivity contribution is 7.80. The van der Waals surface area contributed by atoms with Gasteiger partial charge < -0.3 is 14.9 Å². The Morgan fingerprint density at radius 3 is 2.53 bits per heavy atom. The van der Waals surface area contributed by atoms with Gasteiger partial charge in [-0.05, 0) is 17.7 Å². The zero-order valence-electron chi connectivity index (χ0n) is 8.21. The largest absolute Gasteiger partial charge is 0.394 e. The molecule has 0 aromatic heterocycles. The average molecular weight is 226 g/mol. The monoisotopic (exact) mass is 226 g/mol. The van der Waals surface area contributed by atoms with E-state index in [1.54, 1.807) is 0 Å². The Morgan fingerprint density at radius 2 is 2.00 bits per heavy atom. The van der Waals surface area contributed by atoms with E-state index in [4.69, 9.17) is 9.84 Å². The summed E-state index contributed by atoms with van der Waals surface area (Å²) in [6, 6.07) is 7.64. The van der Waals surface area contributed by atoms with Crippen LogP contribution in [0.15, 0.2) is 29.2 Å². The molecule has 3 atom stereocenters. The van der Waals surface area contributed by atoms with E-state index in [0.29, 0.717) is 6.42 Å². The van der Waals surface area contributed by atoms with Crippen molar-refractivity contribution in [1.82, 2.24) is 0 Å². The number of hydrogen-bond acceptors (Lipinski definition) is 4. The number of hydrogen-bond donors (Lipinski definition) is 3. The second-order valence-electron chi connectivity index (χ2n) is 3.74. The van der Waals surface area contributed by atoms with Crippen molar-refractivity contribution in [3.05, 3.63) is 29.8 Å². The van der Waals surface area contributed by atoms with Crippen molar-refractivity contribution >= 4 is 12.6 Å². The predicted molar refractivity (Wildman–Crippen MR) is 59.0 cm³/mol. The van der Waals surface area contributed by atoms with E-state index in [9.17, 15) is 5.11 Å². The molecule has 2 rings (SSSR count). The summed E-state index contributed by atoms with van der Waals surface area (Å²) in [4.78, 5) is 0.899. The molecule has 0 bridgehead atoms. The number of aliphatic hydroxyl groups is 2. The Hall–Kier alpha value is -0.550. The third-order valence-corrected chi connectivity index (χ3v) is 2.97. The Bertz CT molecular complexity index is 325. The molecule has 0 saturated carbocycles. The maximum absolute atomic E-state index is 9.58. The van der Waals surface area contributed by atoms with Gasteiger partial charge in [0, 0.05) is 11.3 Å². The lowest BCUT2D eigenvalue weighted by Crippen LogP contribution is -2.24. The van der Waals surface area contributed by atoms with Crippen LogP contribution in [0.1, 0.15) is 18.1 Å². The summed E-state index contributed by atoms with van der Waals surface area (Å²) in [7, 11) is 0. The van der Waals surface area contributed by atoms with Crippen LogP contribution in [0.5, 0.6) is 0 Å². The highest BCUT2D eigenvalue weighted by Crippen LogP contribution is 2.33. The number of thiol groups is 1. The van der Waals surface area contributed by atoms with Crippen LogP contribution in [-0.4, -0.2) is 29.0 Å². The first-order valence-corrected chi connectivity index (χ1v) is 5.38. The molecule has 0 amide bonds. The van der Waals surface area contributed by atoms with Crippen molar-refractivity contribution in [2.24, 2.45) is 0 Å². The molecule has 15 heavy (non-hydrogen) atoms. The molecule has 0 spiro atoms. The second kappa shape index (κ2) is 4.53. The van der Waals surface area contributed by atoms with Crippen LogP contribution in [0.4, 0.5) is 0 Å². The molecule has 0 radical (unpaired) electrons. The van der Waals surface area contributed by atoms with Gasteiger partial charge in [-0.2, -0.15) is 0 Å². The minimum Gasteiger partial charge on any atom is -0.394 e. The fourth-order valence-electron chi connectivity index (χ4n) is 1.80. The summed E-state index contributed by atoms with van der Waals surface area (Å²) in [5.41, 5.74) is 1.02. The molecule has 1 aromatic rings. The highest BCUT2D eigenvalue weighted by atomic mass is 32.1. The topological polar surface area (TPSA) is 49.7 Å². The van der Waals surface area contributed by atoms with Crippen molar-refractivity contribution in [1.29, 1.82) is 0 Å². The van der Waals surface area contributed by atoms with Gasteiger partial charge >= 0.3 is 0 Å². The van der Waals surface area contributed by atoms with Crippen LogP contribution in [0.2, 0.25) is 0 Å². The quantitative estimate of drug-likeness (QED) is 0.663. The molecule has 1 heterocycles. The molecule has 4 heteroatoms. The normalized spacial score (nSPS) is 30.7. The molecule has 82 valence electrons. The molecule has 0 unspecified atom stereocenters. The minimum atomic E-state index is -0.573. The Balaban J connectivity index is 2.10. The molecular weight excluding hydrogens is 212 g/mol. The zero-order valence-corrected chi connectivity index (χ0v) is 9.10. The fourth-order valence-corrected chi connectivity index (χ4v) is 1.95. The maximum Gasteiger partial charge on any atom is 0.107 e. The lowest BCUT2D eigenvalue weighted by Gasteiger charge is -2.12. The van der Waals surface area contributed by atoms with Crippen molar-refractivity contribution in [3.63, 3.8) is 0 Å². The van der Waals surface area contributed by atoms with Crippen LogP contribution in [0, 0.1) is 0 Å². The van der Waals surface area contributed by atoms with E-state index < -0.39 is 12.2 Å². The SMILES string of the molecule is OC[C@H]1O[C@H](c2ccc(S)cc2)C[C@@H]1O. The van der Waals surface area contributed by atoms with Crippen molar-refractivity contribution in [2.75, 3.05) is 6.61 Å². The van der Waals surface area contributed by atoms with Crippen LogP contribution in [0.3, 0.4) is 0 Å². The Labute approximate surface area is 94.1 Å². The highest BCUT2D eigenvalue weighted by Gasteiger charge is 2.33. The van der Waals surface area contributed by atoms with Gasteiger partial charge in [-0.1, -0.05) is 12.1 Å². The Morgan fingerprint density at radius 1 is 1.33 bits per heavy atom. The lowest BCUT2D eigenvalue weighted by molar-refractivity contribution is -0.0225.